The Morgan fingerprint density at radius 2 is 1.72 bits per heavy atom. The van der Waals surface area contributed by atoms with Crippen LogP contribution in [0.25, 0.3) is 0 Å². The Hall–Kier alpha value is -3.66. The summed E-state index contributed by atoms with van der Waals surface area (Å²) < 4.78 is 15.9. The van der Waals surface area contributed by atoms with Crippen LogP contribution < -0.4 is 24.8 Å². The van der Waals surface area contributed by atoms with Crippen molar-refractivity contribution < 1.29 is 33.7 Å². The largest absolute Gasteiger partial charge is 0.508 e. The predicted molar refractivity (Wildman–Crippen MR) is 115 cm³/mol. The quantitative estimate of drug-likeness (QED) is 0.406. The van der Waals surface area contributed by atoms with Gasteiger partial charge >= 0.3 is 5.97 Å². The lowest BCUT2D eigenvalue weighted by Crippen LogP contribution is -2.39. The van der Waals surface area contributed by atoms with Gasteiger partial charge in [0.05, 0.1) is 36.4 Å². The predicted octanol–water partition coefficient (Wildman–Crippen LogP) is 1.89. The number of aromatic hydroxyl groups is 1. The van der Waals surface area contributed by atoms with E-state index in [4.69, 9.17) is 19.9 Å². The molecule has 164 valence electrons. The van der Waals surface area contributed by atoms with Crippen LogP contribution in [0, 0.1) is 5.92 Å². The number of benzene rings is 2. The number of ether oxygens (including phenoxy) is 3. The SMILES string of the molecule is COc1cc(OC)cc(N2C(=O)C3SC(N)=C4C(=O)Oc5cc(O)ccc5C4C3C2=O)c1. The van der Waals surface area contributed by atoms with Gasteiger partial charge in [-0.1, -0.05) is 17.8 Å². The number of nitrogens with zero attached hydrogens (tertiary/aromatic N) is 1. The van der Waals surface area contributed by atoms with Crippen molar-refractivity contribution in [1.82, 2.24) is 0 Å². The molecular weight excluding hydrogens is 436 g/mol. The molecule has 3 heterocycles. The highest BCUT2D eigenvalue weighted by Gasteiger charge is 2.58. The van der Waals surface area contributed by atoms with Crippen LogP contribution >= 0.6 is 11.8 Å². The minimum absolute atomic E-state index is 0.0855. The number of phenols is 1. The van der Waals surface area contributed by atoms with E-state index in [1.807, 2.05) is 0 Å². The van der Waals surface area contributed by atoms with Crippen LogP contribution in [0.1, 0.15) is 11.5 Å². The average molecular weight is 454 g/mol. The van der Waals surface area contributed by atoms with Crippen molar-refractivity contribution in [3.63, 3.8) is 0 Å². The zero-order chi connectivity index (χ0) is 22.7. The van der Waals surface area contributed by atoms with Crippen molar-refractivity contribution in [1.29, 1.82) is 0 Å². The summed E-state index contributed by atoms with van der Waals surface area (Å²) in [4.78, 5) is 40.8. The molecule has 1 fully saturated rings. The Labute approximate surface area is 186 Å². The number of amides is 2. The fourth-order valence-corrected chi connectivity index (χ4v) is 5.66. The van der Waals surface area contributed by atoms with Gasteiger partial charge in [-0.25, -0.2) is 9.69 Å². The lowest BCUT2D eigenvalue weighted by molar-refractivity contribution is -0.131. The summed E-state index contributed by atoms with van der Waals surface area (Å²) in [6.45, 7) is 0. The molecule has 0 radical (unpaired) electrons. The maximum Gasteiger partial charge on any atom is 0.342 e. The summed E-state index contributed by atoms with van der Waals surface area (Å²) in [7, 11) is 2.94. The number of phenolic OH excluding ortho intramolecular Hbond substituents is 1. The Morgan fingerprint density at radius 3 is 2.38 bits per heavy atom. The van der Waals surface area contributed by atoms with E-state index in [0.717, 1.165) is 16.7 Å². The van der Waals surface area contributed by atoms with E-state index in [-0.39, 0.29) is 22.1 Å². The molecule has 2 aromatic carbocycles. The summed E-state index contributed by atoms with van der Waals surface area (Å²) in [6, 6.07) is 9.10. The molecule has 3 aliphatic heterocycles. The molecule has 3 atom stereocenters. The number of carbonyl (C=O) groups excluding carboxylic acids is 3. The van der Waals surface area contributed by atoms with Gasteiger partial charge in [-0.15, -0.1) is 0 Å². The molecule has 2 aromatic rings. The highest BCUT2D eigenvalue weighted by atomic mass is 32.2. The zero-order valence-corrected chi connectivity index (χ0v) is 17.8. The van der Waals surface area contributed by atoms with Gasteiger partial charge in [-0.2, -0.15) is 0 Å². The summed E-state index contributed by atoms with van der Waals surface area (Å²) in [5.74, 6) is -2.35. The molecule has 1 saturated heterocycles. The van der Waals surface area contributed by atoms with E-state index in [1.54, 1.807) is 24.3 Å². The number of methoxy groups -OCH3 is 2. The molecule has 2 amide bonds. The van der Waals surface area contributed by atoms with E-state index in [9.17, 15) is 19.5 Å². The monoisotopic (exact) mass is 454 g/mol. The molecule has 3 unspecified atom stereocenters. The maximum absolute atomic E-state index is 13.6. The third-order valence-corrected chi connectivity index (χ3v) is 7.06. The summed E-state index contributed by atoms with van der Waals surface area (Å²) >= 11 is 0.987. The molecule has 3 N–H and O–H groups in total. The second-order valence-corrected chi connectivity index (χ2v) is 8.70. The first-order valence-corrected chi connectivity index (χ1v) is 10.5. The summed E-state index contributed by atoms with van der Waals surface area (Å²) in [6.07, 6.45) is 0. The minimum atomic E-state index is -0.872. The molecule has 32 heavy (non-hydrogen) atoms. The molecule has 0 spiro atoms. The highest BCUT2D eigenvalue weighted by Crippen LogP contribution is 2.55. The van der Waals surface area contributed by atoms with E-state index < -0.39 is 34.9 Å². The third kappa shape index (κ3) is 2.83. The van der Waals surface area contributed by atoms with E-state index in [1.165, 1.54) is 26.4 Å². The molecule has 9 nitrogen and oxygen atoms in total. The molecule has 0 bridgehead atoms. The number of nitrogens with two attached hydrogens (primary N) is 1. The van der Waals surface area contributed by atoms with Gasteiger partial charge in [0.2, 0.25) is 11.8 Å². The van der Waals surface area contributed by atoms with Crippen LogP contribution in [0.2, 0.25) is 0 Å². The molecular formula is C22H18N2O7S. The number of esters is 1. The van der Waals surface area contributed by atoms with Crippen LogP contribution in [0.5, 0.6) is 23.0 Å². The minimum Gasteiger partial charge on any atom is -0.508 e. The van der Waals surface area contributed by atoms with Crippen molar-refractivity contribution in [2.75, 3.05) is 19.1 Å². The van der Waals surface area contributed by atoms with E-state index in [2.05, 4.69) is 0 Å². The number of hydrogen-bond acceptors (Lipinski definition) is 9. The fraction of sp³-hybridized carbons (Fsp3) is 0.227. The standard InChI is InChI=1S/C22H18N2O7S/c1-29-11-5-9(6-12(8-11)30-2)24-20(26)16-15-13-4-3-10(25)7-14(13)31-22(28)17(15)19(23)32-18(16)21(24)27/h3-8,15-16,18,25H,23H2,1-2H3. The van der Waals surface area contributed by atoms with Crippen molar-refractivity contribution in [3.05, 3.63) is 52.6 Å². The Bertz CT molecular complexity index is 1200. The summed E-state index contributed by atoms with van der Waals surface area (Å²) in [5.41, 5.74) is 7.15. The first-order chi connectivity index (χ1) is 15.3. The van der Waals surface area contributed by atoms with Crippen LogP contribution in [-0.4, -0.2) is 42.4 Å². The van der Waals surface area contributed by atoms with Crippen LogP contribution in [-0.2, 0) is 14.4 Å². The number of hydrogen-bond donors (Lipinski definition) is 2. The number of anilines is 1. The van der Waals surface area contributed by atoms with Crippen LogP contribution in [0.4, 0.5) is 5.69 Å². The lowest BCUT2D eigenvalue weighted by Gasteiger charge is -2.36. The zero-order valence-electron chi connectivity index (χ0n) is 17.0. The van der Waals surface area contributed by atoms with Gasteiger partial charge in [0.25, 0.3) is 0 Å². The molecule has 5 rings (SSSR count). The van der Waals surface area contributed by atoms with Crippen molar-refractivity contribution in [2.45, 2.75) is 11.2 Å². The topological polar surface area (TPSA) is 128 Å². The second kappa shape index (κ2) is 7.20. The number of rotatable bonds is 3. The molecule has 0 aliphatic carbocycles. The normalized spacial score (nSPS) is 24.0. The Morgan fingerprint density at radius 1 is 1.03 bits per heavy atom. The van der Waals surface area contributed by atoms with Gasteiger partial charge in [0.1, 0.15) is 28.2 Å². The van der Waals surface area contributed by atoms with Crippen molar-refractivity contribution in [3.8, 4) is 23.0 Å². The highest BCUT2D eigenvalue weighted by molar-refractivity contribution is 8.04. The lowest BCUT2D eigenvalue weighted by atomic mass is 9.77. The van der Waals surface area contributed by atoms with E-state index in [0.29, 0.717) is 22.7 Å². The van der Waals surface area contributed by atoms with Crippen LogP contribution in [0.3, 0.4) is 0 Å². The molecule has 0 aromatic heterocycles. The van der Waals surface area contributed by atoms with Crippen molar-refractivity contribution in [2.24, 2.45) is 11.7 Å². The molecule has 3 aliphatic rings. The number of carbonyl (C=O) groups is 3. The first-order valence-electron chi connectivity index (χ1n) is 9.66. The fourth-order valence-electron chi connectivity index (χ4n) is 4.42. The smallest absolute Gasteiger partial charge is 0.342 e. The van der Waals surface area contributed by atoms with Gasteiger partial charge in [0.15, 0.2) is 0 Å². The average Bonchev–Trinajstić information content (AvgIpc) is 3.02. The second-order valence-electron chi connectivity index (χ2n) is 7.51. The Balaban J connectivity index is 1.64. The molecule has 10 heteroatoms. The number of imide groups is 1. The third-order valence-electron chi connectivity index (χ3n) is 5.83. The van der Waals surface area contributed by atoms with Crippen molar-refractivity contribution >= 4 is 35.2 Å². The first kappa shape index (κ1) is 20.3. The Kier molecular flexibility index (Phi) is 4.55. The van der Waals surface area contributed by atoms with Gasteiger partial charge < -0.3 is 25.1 Å². The number of thioether (sulfide) groups is 1. The summed E-state index contributed by atoms with van der Waals surface area (Å²) in [5, 5.41) is 9.13. The maximum atomic E-state index is 13.6. The van der Waals surface area contributed by atoms with Crippen LogP contribution in [0.15, 0.2) is 47.0 Å². The number of fused-ring (bicyclic) bond motifs is 5. The van der Waals surface area contributed by atoms with Gasteiger partial charge in [-0.05, 0) is 6.07 Å². The van der Waals surface area contributed by atoms with E-state index >= 15 is 0 Å². The molecule has 0 saturated carbocycles. The van der Waals surface area contributed by atoms with Gasteiger partial charge in [0, 0.05) is 35.7 Å². The van der Waals surface area contributed by atoms with Gasteiger partial charge in [-0.3, -0.25) is 9.59 Å².